The molecule has 0 saturated heterocycles. The maximum Gasteiger partial charge on any atom is 0.246 e. The Kier molecular flexibility index (Phi) is 4.95. The fourth-order valence-corrected chi connectivity index (χ4v) is 3.34. The normalized spacial score (nSPS) is 15.7. The van der Waals surface area contributed by atoms with E-state index in [1.165, 1.54) is 23.3 Å². The number of aromatic nitrogens is 2. The number of nitrogens with zero attached hydrogens (tertiary/aromatic N) is 3. The van der Waals surface area contributed by atoms with Gasteiger partial charge < -0.3 is 5.32 Å². The highest BCUT2D eigenvalue weighted by Crippen LogP contribution is 2.18. The third kappa shape index (κ3) is 3.68. The second-order valence-electron chi connectivity index (χ2n) is 4.91. The fourth-order valence-electron chi connectivity index (χ4n) is 1.96. The van der Waals surface area contributed by atoms with E-state index in [2.05, 4.69) is 17.0 Å². The molecular weight excluding hydrogens is 276 g/mol. The van der Waals surface area contributed by atoms with Crippen molar-refractivity contribution in [1.29, 1.82) is 0 Å². The van der Waals surface area contributed by atoms with Crippen molar-refractivity contribution in [3.05, 3.63) is 25.0 Å². The average Bonchev–Trinajstić information content (AvgIpc) is 3.11. The van der Waals surface area contributed by atoms with E-state index < -0.39 is 10.0 Å². The summed E-state index contributed by atoms with van der Waals surface area (Å²) < 4.78 is 27.8. The van der Waals surface area contributed by atoms with Gasteiger partial charge in [0.05, 0.1) is 12.7 Å². The van der Waals surface area contributed by atoms with Crippen LogP contribution in [0.1, 0.15) is 19.8 Å². The molecule has 20 heavy (non-hydrogen) atoms. The van der Waals surface area contributed by atoms with Crippen molar-refractivity contribution in [1.82, 2.24) is 19.4 Å². The van der Waals surface area contributed by atoms with Gasteiger partial charge in [0.2, 0.25) is 10.0 Å². The first-order valence-corrected chi connectivity index (χ1v) is 8.38. The van der Waals surface area contributed by atoms with Crippen LogP contribution in [-0.2, 0) is 16.6 Å². The summed E-state index contributed by atoms with van der Waals surface area (Å²) in [5.41, 5.74) is 0. The van der Waals surface area contributed by atoms with Crippen LogP contribution in [0, 0.1) is 0 Å². The zero-order valence-corrected chi connectivity index (χ0v) is 12.6. The van der Waals surface area contributed by atoms with Crippen molar-refractivity contribution >= 4 is 10.0 Å². The molecule has 0 atom stereocenters. The Labute approximate surface area is 120 Å². The molecule has 0 aliphatic heterocycles. The first kappa shape index (κ1) is 15.2. The van der Waals surface area contributed by atoms with Crippen molar-refractivity contribution in [2.24, 2.45) is 0 Å². The lowest BCUT2D eigenvalue weighted by atomic mass is 10.6. The third-order valence-electron chi connectivity index (χ3n) is 3.28. The Morgan fingerprint density at radius 1 is 1.60 bits per heavy atom. The van der Waals surface area contributed by atoms with E-state index in [9.17, 15) is 8.42 Å². The Morgan fingerprint density at radius 2 is 2.35 bits per heavy atom. The standard InChI is InChI=1S/C13H22N4O2S/c1-3-8-17(4-2)20(18,19)13-10-15-16(11-13)9-7-14-12-5-6-12/h3,10-12,14H,1,4-9H2,2H3. The quantitative estimate of drug-likeness (QED) is 0.686. The minimum Gasteiger partial charge on any atom is -0.312 e. The molecule has 1 aromatic rings. The third-order valence-corrected chi connectivity index (χ3v) is 5.18. The van der Waals surface area contributed by atoms with Crippen LogP contribution in [0.4, 0.5) is 0 Å². The predicted octanol–water partition coefficient (Wildman–Crippen LogP) is 0.832. The van der Waals surface area contributed by atoms with Crippen molar-refractivity contribution in [2.75, 3.05) is 19.6 Å². The zero-order valence-electron chi connectivity index (χ0n) is 11.8. The molecule has 1 fully saturated rings. The van der Waals surface area contributed by atoms with E-state index in [1.54, 1.807) is 17.0 Å². The largest absolute Gasteiger partial charge is 0.312 e. The predicted molar refractivity (Wildman–Crippen MR) is 77.9 cm³/mol. The van der Waals surface area contributed by atoms with Gasteiger partial charge in [-0.05, 0) is 12.8 Å². The highest BCUT2D eigenvalue weighted by atomic mass is 32.2. The van der Waals surface area contributed by atoms with E-state index in [1.807, 2.05) is 6.92 Å². The molecule has 112 valence electrons. The van der Waals surface area contributed by atoms with E-state index in [0.29, 0.717) is 25.7 Å². The van der Waals surface area contributed by atoms with Gasteiger partial charge in [0.25, 0.3) is 0 Å². The van der Waals surface area contributed by atoms with Gasteiger partial charge in [-0.3, -0.25) is 4.68 Å². The molecule has 0 amide bonds. The maximum atomic E-state index is 12.4. The molecule has 0 bridgehead atoms. The molecular formula is C13H22N4O2S. The first-order chi connectivity index (χ1) is 9.57. The number of nitrogens with one attached hydrogen (secondary N) is 1. The molecule has 1 aliphatic carbocycles. The van der Waals surface area contributed by atoms with Crippen LogP contribution in [0.3, 0.4) is 0 Å². The van der Waals surface area contributed by atoms with Crippen molar-refractivity contribution < 1.29 is 8.42 Å². The van der Waals surface area contributed by atoms with Crippen LogP contribution in [-0.4, -0.2) is 48.2 Å². The molecule has 1 saturated carbocycles. The molecule has 6 nitrogen and oxygen atoms in total. The number of likely N-dealkylation sites (N-methyl/N-ethyl adjacent to an activating group) is 1. The molecule has 0 radical (unpaired) electrons. The summed E-state index contributed by atoms with van der Waals surface area (Å²) >= 11 is 0. The average molecular weight is 298 g/mol. The molecule has 1 aromatic heterocycles. The van der Waals surface area contributed by atoms with Crippen molar-refractivity contribution in [2.45, 2.75) is 37.2 Å². The minimum atomic E-state index is -3.46. The lowest BCUT2D eigenvalue weighted by molar-refractivity contribution is 0.459. The van der Waals surface area contributed by atoms with Crippen LogP contribution in [0.5, 0.6) is 0 Å². The Hall–Kier alpha value is -1.18. The van der Waals surface area contributed by atoms with E-state index in [0.717, 1.165) is 6.54 Å². The van der Waals surface area contributed by atoms with Gasteiger partial charge in [0.1, 0.15) is 4.90 Å². The maximum absolute atomic E-state index is 12.4. The van der Waals surface area contributed by atoms with Crippen molar-refractivity contribution in [3.63, 3.8) is 0 Å². The molecule has 1 heterocycles. The van der Waals surface area contributed by atoms with Crippen LogP contribution < -0.4 is 5.32 Å². The van der Waals surface area contributed by atoms with Gasteiger partial charge >= 0.3 is 0 Å². The summed E-state index contributed by atoms with van der Waals surface area (Å²) in [7, 11) is -3.46. The highest BCUT2D eigenvalue weighted by Gasteiger charge is 2.24. The molecule has 1 N–H and O–H groups in total. The topological polar surface area (TPSA) is 67.2 Å². The van der Waals surface area contributed by atoms with E-state index in [4.69, 9.17) is 0 Å². The first-order valence-electron chi connectivity index (χ1n) is 6.94. The molecule has 1 aliphatic rings. The minimum absolute atomic E-state index is 0.243. The number of hydrogen-bond donors (Lipinski definition) is 1. The van der Waals surface area contributed by atoms with Crippen LogP contribution >= 0.6 is 0 Å². The fraction of sp³-hybridized carbons (Fsp3) is 0.615. The zero-order chi connectivity index (χ0) is 14.6. The molecule has 0 spiro atoms. The molecule has 7 heteroatoms. The molecule has 0 unspecified atom stereocenters. The Balaban J connectivity index is 1.99. The number of hydrogen-bond acceptors (Lipinski definition) is 4. The van der Waals surface area contributed by atoms with Gasteiger partial charge in [-0.25, -0.2) is 8.42 Å². The van der Waals surface area contributed by atoms with Crippen LogP contribution in [0.2, 0.25) is 0 Å². The van der Waals surface area contributed by atoms with Crippen molar-refractivity contribution in [3.8, 4) is 0 Å². The van der Waals surface area contributed by atoms with Gasteiger partial charge in [0.15, 0.2) is 0 Å². The summed E-state index contributed by atoms with van der Waals surface area (Å²) in [6.45, 7) is 7.63. The summed E-state index contributed by atoms with van der Waals surface area (Å²) in [6.07, 6.45) is 7.08. The van der Waals surface area contributed by atoms with E-state index >= 15 is 0 Å². The SMILES string of the molecule is C=CCN(CC)S(=O)(=O)c1cnn(CCNC2CC2)c1. The van der Waals surface area contributed by atoms with Gasteiger partial charge in [-0.2, -0.15) is 9.40 Å². The molecule has 2 rings (SSSR count). The van der Waals surface area contributed by atoms with Gasteiger partial charge in [0, 0.05) is 31.9 Å². The molecule has 0 aromatic carbocycles. The Morgan fingerprint density at radius 3 is 2.95 bits per heavy atom. The summed E-state index contributed by atoms with van der Waals surface area (Å²) in [4.78, 5) is 0.243. The summed E-state index contributed by atoms with van der Waals surface area (Å²) in [5, 5.41) is 7.49. The van der Waals surface area contributed by atoms with Gasteiger partial charge in [-0.15, -0.1) is 6.58 Å². The second kappa shape index (κ2) is 6.51. The second-order valence-corrected chi connectivity index (χ2v) is 6.85. The van der Waals surface area contributed by atoms with Crippen LogP contribution in [0.15, 0.2) is 29.9 Å². The van der Waals surface area contributed by atoms with Gasteiger partial charge in [-0.1, -0.05) is 13.0 Å². The monoisotopic (exact) mass is 298 g/mol. The van der Waals surface area contributed by atoms with E-state index in [-0.39, 0.29) is 4.90 Å². The summed E-state index contributed by atoms with van der Waals surface area (Å²) in [6, 6.07) is 0.650. The van der Waals surface area contributed by atoms with Crippen LogP contribution in [0.25, 0.3) is 0 Å². The lowest BCUT2D eigenvalue weighted by Gasteiger charge is -2.17. The summed E-state index contributed by atoms with van der Waals surface area (Å²) in [5.74, 6) is 0. The number of sulfonamides is 1. The highest BCUT2D eigenvalue weighted by molar-refractivity contribution is 7.89. The number of rotatable bonds is 9. The smallest absolute Gasteiger partial charge is 0.246 e. The lowest BCUT2D eigenvalue weighted by Crippen LogP contribution is -2.30. The Bertz CT molecular complexity index is 548.